The van der Waals surface area contributed by atoms with Crippen molar-refractivity contribution in [2.75, 3.05) is 4.90 Å². The van der Waals surface area contributed by atoms with Crippen LogP contribution in [0.25, 0.3) is 55.3 Å². The fourth-order valence-corrected chi connectivity index (χ4v) is 9.27. The van der Waals surface area contributed by atoms with E-state index in [-0.39, 0.29) is 0 Å². The molecular formula is C58H45NO. The van der Waals surface area contributed by atoms with E-state index in [0.29, 0.717) is 0 Å². The summed E-state index contributed by atoms with van der Waals surface area (Å²) >= 11 is 0. The summed E-state index contributed by atoms with van der Waals surface area (Å²) in [5, 5.41) is 2.26. The van der Waals surface area contributed by atoms with Crippen LogP contribution in [-0.2, 0) is 5.41 Å². The zero-order valence-electron chi connectivity index (χ0n) is 34.2. The van der Waals surface area contributed by atoms with Gasteiger partial charge in [-0.05, 0) is 108 Å². The van der Waals surface area contributed by atoms with Crippen LogP contribution in [0.1, 0.15) is 36.1 Å². The quantitative estimate of drug-likeness (QED) is 0.136. The van der Waals surface area contributed by atoms with Gasteiger partial charge in [-0.25, -0.2) is 0 Å². The van der Waals surface area contributed by atoms with E-state index < -0.39 is 5.41 Å². The van der Waals surface area contributed by atoms with Gasteiger partial charge in [-0.3, -0.25) is 0 Å². The monoisotopic (exact) mass is 771 g/mol. The molecule has 288 valence electrons. The highest BCUT2D eigenvalue weighted by molar-refractivity contribution is 6.09. The number of hydrogen-bond donors (Lipinski definition) is 0. The highest BCUT2D eigenvalue weighted by atomic mass is 16.3. The standard InChI is InChI=1S/C58H45NO/c1-5-39(2)22-25-41(4)58(45-30-23-40(3)24-31-45)54-20-11-9-16-50(54)51-37-36-48(38-55(51)58)59(46-32-26-43(27-33-46)42-14-7-6-8-15-42)47-34-28-44(29-35-47)49-18-13-19-53-52-17-10-12-21-56(52)60-57(49)53/h5-38H,1H2,2-4H3/b39-22-,41-25+. The van der Waals surface area contributed by atoms with E-state index in [0.717, 1.165) is 55.7 Å². The van der Waals surface area contributed by atoms with Crippen molar-refractivity contribution < 1.29 is 4.42 Å². The van der Waals surface area contributed by atoms with Gasteiger partial charge in [0.15, 0.2) is 0 Å². The molecule has 0 saturated heterocycles. The van der Waals surface area contributed by atoms with E-state index in [9.17, 15) is 0 Å². The molecule has 0 spiro atoms. The van der Waals surface area contributed by atoms with E-state index in [1.165, 1.54) is 50.1 Å². The largest absolute Gasteiger partial charge is 0.455 e. The summed E-state index contributed by atoms with van der Waals surface area (Å²) in [5.74, 6) is 0. The molecule has 0 N–H and O–H groups in total. The van der Waals surface area contributed by atoms with Crippen molar-refractivity contribution in [1.29, 1.82) is 0 Å². The van der Waals surface area contributed by atoms with Crippen LogP contribution in [0.2, 0.25) is 0 Å². The molecular weight excluding hydrogens is 727 g/mol. The number of nitrogens with zero attached hydrogens (tertiary/aromatic N) is 1. The van der Waals surface area contributed by atoms with Crippen LogP contribution in [0, 0.1) is 6.92 Å². The summed E-state index contributed by atoms with van der Waals surface area (Å²) in [4.78, 5) is 2.39. The molecule has 1 heterocycles. The summed E-state index contributed by atoms with van der Waals surface area (Å²) in [7, 11) is 0. The van der Waals surface area contributed by atoms with Crippen molar-refractivity contribution >= 4 is 39.0 Å². The second kappa shape index (κ2) is 15.1. The summed E-state index contributed by atoms with van der Waals surface area (Å²) in [6.07, 6.45) is 6.40. The van der Waals surface area contributed by atoms with Gasteiger partial charge >= 0.3 is 0 Å². The maximum atomic E-state index is 6.47. The molecule has 1 unspecified atom stereocenters. The van der Waals surface area contributed by atoms with Gasteiger partial charge in [0, 0.05) is 33.4 Å². The van der Waals surface area contributed by atoms with Crippen molar-refractivity contribution in [2.45, 2.75) is 26.2 Å². The Morgan fingerprint density at radius 1 is 0.517 bits per heavy atom. The van der Waals surface area contributed by atoms with Gasteiger partial charge in [0.1, 0.15) is 11.2 Å². The predicted octanol–water partition coefficient (Wildman–Crippen LogP) is 16.1. The lowest BCUT2D eigenvalue weighted by molar-refractivity contribution is 0.670. The lowest BCUT2D eigenvalue weighted by atomic mass is 9.67. The normalized spacial score (nSPS) is 14.9. The summed E-state index contributed by atoms with van der Waals surface area (Å²) in [6, 6.07) is 68.3. The second-order valence-corrected chi connectivity index (χ2v) is 15.9. The van der Waals surface area contributed by atoms with Crippen LogP contribution in [0.15, 0.2) is 228 Å². The van der Waals surface area contributed by atoms with Crippen molar-refractivity contribution in [3.63, 3.8) is 0 Å². The summed E-state index contributed by atoms with van der Waals surface area (Å²) in [5.41, 5.74) is 19.0. The molecule has 60 heavy (non-hydrogen) atoms. The first-order valence-corrected chi connectivity index (χ1v) is 20.7. The molecule has 0 radical (unpaired) electrons. The Morgan fingerprint density at radius 3 is 1.87 bits per heavy atom. The Balaban J connectivity index is 1.17. The Labute approximate surface area is 352 Å². The molecule has 0 saturated carbocycles. The molecule has 1 aliphatic carbocycles. The first kappa shape index (κ1) is 36.9. The lowest BCUT2D eigenvalue weighted by Crippen LogP contribution is -2.29. The number of aryl methyl sites for hydroxylation is 1. The Bertz CT molecular complexity index is 3110. The van der Waals surface area contributed by atoms with E-state index >= 15 is 0 Å². The fraction of sp³-hybridized carbons (Fsp3) is 0.0690. The van der Waals surface area contributed by atoms with Gasteiger partial charge in [-0.15, -0.1) is 0 Å². The summed E-state index contributed by atoms with van der Waals surface area (Å²) in [6.45, 7) is 10.6. The number of fused-ring (bicyclic) bond motifs is 6. The van der Waals surface area contributed by atoms with E-state index in [2.05, 4.69) is 220 Å². The molecule has 1 aromatic heterocycles. The molecule has 1 atom stereocenters. The summed E-state index contributed by atoms with van der Waals surface area (Å²) < 4.78 is 6.47. The van der Waals surface area contributed by atoms with Crippen LogP contribution in [0.3, 0.4) is 0 Å². The van der Waals surface area contributed by atoms with Crippen molar-refractivity contribution in [3.8, 4) is 33.4 Å². The molecule has 10 rings (SSSR count). The van der Waals surface area contributed by atoms with Gasteiger partial charge < -0.3 is 9.32 Å². The molecule has 0 aliphatic heterocycles. The van der Waals surface area contributed by atoms with Crippen LogP contribution in [-0.4, -0.2) is 0 Å². The average molecular weight is 772 g/mol. The maximum Gasteiger partial charge on any atom is 0.143 e. The molecule has 0 bridgehead atoms. The van der Waals surface area contributed by atoms with Crippen molar-refractivity contribution in [3.05, 3.63) is 246 Å². The minimum atomic E-state index is -0.522. The SMILES string of the molecule is C=C/C(C)=C\C=C(/C)C1(c2ccc(C)cc2)c2ccccc2-c2ccc(N(c3ccc(-c4ccccc4)cc3)c3ccc(-c4cccc5c4oc4ccccc45)cc3)cc21. The third kappa shape index (κ3) is 6.12. The average Bonchev–Trinajstić information content (AvgIpc) is 3.83. The predicted molar refractivity (Wildman–Crippen MR) is 253 cm³/mol. The number of allylic oxidation sites excluding steroid dienone is 5. The minimum Gasteiger partial charge on any atom is -0.455 e. The van der Waals surface area contributed by atoms with Crippen LogP contribution in [0.5, 0.6) is 0 Å². The minimum absolute atomic E-state index is 0.522. The first-order valence-electron chi connectivity index (χ1n) is 20.7. The molecule has 2 nitrogen and oxygen atoms in total. The van der Waals surface area contributed by atoms with Gasteiger partial charge in [0.05, 0.1) is 5.41 Å². The topological polar surface area (TPSA) is 16.4 Å². The number of rotatable bonds is 9. The van der Waals surface area contributed by atoms with Gasteiger partial charge in [-0.1, -0.05) is 187 Å². The smallest absolute Gasteiger partial charge is 0.143 e. The van der Waals surface area contributed by atoms with Crippen molar-refractivity contribution in [1.82, 2.24) is 0 Å². The number of anilines is 3. The molecule has 0 amide bonds. The fourth-order valence-electron chi connectivity index (χ4n) is 9.27. The van der Waals surface area contributed by atoms with E-state index in [4.69, 9.17) is 4.42 Å². The second-order valence-electron chi connectivity index (χ2n) is 15.9. The third-order valence-corrected chi connectivity index (χ3v) is 12.4. The number of benzene rings is 8. The maximum absolute atomic E-state index is 6.47. The zero-order chi connectivity index (χ0) is 40.8. The Morgan fingerprint density at radius 2 is 1.12 bits per heavy atom. The number of para-hydroxylation sites is 2. The zero-order valence-corrected chi connectivity index (χ0v) is 34.2. The Kier molecular flexibility index (Phi) is 9.26. The highest BCUT2D eigenvalue weighted by Crippen LogP contribution is 2.57. The molecule has 8 aromatic carbocycles. The Hall–Kier alpha value is -7.42. The van der Waals surface area contributed by atoms with Gasteiger partial charge in [-0.2, -0.15) is 0 Å². The van der Waals surface area contributed by atoms with E-state index in [1.807, 2.05) is 18.2 Å². The van der Waals surface area contributed by atoms with Crippen molar-refractivity contribution in [2.24, 2.45) is 0 Å². The van der Waals surface area contributed by atoms with Gasteiger partial charge in [0.2, 0.25) is 0 Å². The number of hydrogen-bond acceptors (Lipinski definition) is 2. The lowest BCUT2D eigenvalue weighted by Gasteiger charge is -2.35. The molecule has 9 aromatic rings. The molecule has 0 fully saturated rings. The van der Waals surface area contributed by atoms with Gasteiger partial charge in [0.25, 0.3) is 0 Å². The highest BCUT2D eigenvalue weighted by Gasteiger charge is 2.46. The van der Waals surface area contributed by atoms with Crippen LogP contribution >= 0.6 is 0 Å². The number of furan rings is 1. The van der Waals surface area contributed by atoms with E-state index in [1.54, 1.807) is 0 Å². The van der Waals surface area contributed by atoms with Crippen LogP contribution < -0.4 is 4.90 Å². The third-order valence-electron chi connectivity index (χ3n) is 12.4. The molecule has 2 heteroatoms. The first-order chi connectivity index (χ1) is 29.4. The molecule has 1 aliphatic rings. The van der Waals surface area contributed by atoms with Crippen LogP contribution in [0.4, 0.5) is 17.1 Å².